The molecule has 88 valence electrons. The Morgan fingerprint density at radius 2 is 1.69 bits per heavy atom. The maximum absolute atomic E-state index is 10.6. The van der Waals surface area contributed by atoms with E-state index in [-0.39, 0.29) is 0 Å². The van der Waals surface area contributed by atoms with Crippen LogP contribution in [0.15, 0.2) is 28.7 Å². The average Bonchev–Trinajstić information content (AvgIpc) is 2.47. The first-order chi connectivity index (χ1) is 7.70. The third kappa shape index (κ3) is 3.08. The van der Waals surface area contributed by atoms with Crippen LogP contribution in [0.5, 0.6) is 0 Å². The molecule has 2 heteroatoms. The fraction of sp³-hybridized carbons (Fsp3) is 0.571. The van der Waals surface area contributed by atoms with Crippen LogP contribution in [0.1, 0.15) is 44.1 Å². The SMILES string of the molecule is OC1(Cc2ccccc2Br)CCCCCC1. The van der Waals surface area contributed by atoms with Crippen molar-refractivity contribution in [1.82, 2.24) is 0 Å². The molecule has 1 aliphatic carbocycles. The zero-order valence-corrected chi connectivity index (χ0v) is 11.2. The van der Waals surface area contributed by atoms with Gasteiger partial charge in [-0.25, -0.2) is 0 Å². The molecule has 1 nitrogen and oxygen atoms in total. The Hall–Kier alpha value is -0.340. The van der Waals surface area contributed by atoms with Crippen molar-refractivity contribution >= 4 is 15.9 Å². The number of rotatable bonds is 2. The third-order valence-electron chi connectivity index (χ3n) is 3.51. The summed E-state index contributed by atoms with van der Waals surface area (Å²) in [5, 5.41) is 10.6. The van der Waals surface area contributed by atoms with Gasteiger partial charge in [-0.05, 0) is 24.5 Å². The first kappa shape index (κ1) is 12.1. The zero-order chi connectivity index (χ0) is 11.4. The van der Waals surface area contributed by atoms with Crippen LogP contribution in [0.4, 0.5) is 0 Å². The minimum Gasteiger partial charge on any atom is -0.390 e. The second-order valence-corrected chi connectivity index (χ2v) is 5.76. The third-order valence-corrected chi connectivity index (χ3v) is 4.29. The molecule has 2 rings (SSSR count). The van der Waals surface area contributed by atoms with Gasteiger partial charge in [-0.1, -0.05) is 59.8 Å². The van der Waals surface area contributed by atoms with E-state index in [1.165, 1.54) is 31.2 Å². The molecule has 0 aliphatic heterocycles. The van der Waals surface area contributed by atoms with E-state index in [2.05, 4.69) is 28.1 Å². The van der Waals surface area contributed by atoms with E-state index in [4.69, 9.17) is 0 Å². The van der Waals surface area contributed by atoms with Crippen molar-refractivity contribution in [2.45, 2.75) is 50.5 Å². The van der Waals surface area contributed by atoms with Crippen molar-refractivity contribution in [3.05, 3.63) is 34.3 Å². The number of aliphatic hydroxyl groups is 1. The molecule has 1 aliphatic rings. The van der Waals surface area contributed by atoms with Crippen LogP contribution in [0.2, 0.25) is 0 Å². The summed E-state index contributed by atoms with van der Waals surface area (Å²) < 4.78 is 1.12. The molecule has 1 saturated carbocycles. The summed E-state index contributed by atoms with van der Waals surface area (Å²) >= 11 is 3.56. The Labute approximate surface area is 106 Å². The van der Waals surface area contributed by atoms with E-state index in [0.29, 0.717) is 0 Å². The summed E-state index contributed by atoms with van der Waals surface area (Å²) in [6.07, 6.45) is 7.58. The molecule has 1 aromatic rings. The predicted molar refractivity (Wildman–Crippen MR) is 70.5 cm³/mol. The fourth-order valence-electron chi connectivity index (χ4n) is 2.56. The van der Waals surface area contributed by atoms with Gasteiger partial charge in [-0.2, -0.15) is 0 Å². The number of hydrogen-bond donors (Lipinski definition) is 1. The molecule has 0 unspecified atom stereocenters. The molecule has 0 amide bonds. The van der Waals surface area contributed by atoms with E-state index >= 15 is 0 Å². The summed E-state index contributed by atoms with van der Waals surface area (Å²) in [5.74, 6) is 0. The van der Waals surface area contributed by atoms with Crippen molar-refractivity contribution < 1.29 is 5.11 Å². The van der Waals surface area contributed by atoms with Crippen LogP contribution in [0, 0.1) is 0 Å². The number of halogens is 1. The molecule has 1 N–H and O–H groups in total. The molecule has 0 atom stereocenters. The molecule has 0 saturated heterocycles. The van der Waals surface area contributed by atoms with Gasteiger partial charge in [0.15, 0.2) is 0 Å². The Balaban J connectivity index is 2.10. The molecular weight excluding hydrogens is 264 g/mol. The van der Waals surface area contributed by atoms with Crippen molar-refractivity contribution in [3.8, 4) is 0 Å². The van der Waals surface area contributed by atoms with Gasteiger partial charge in [0.1, 0.15) is 0 Å². The van der Waals surface area contributed by atoms with Gasteiger partial charge >= 0.3 is 0 Å². The standard InChI is InChI=1S/C14H19BrO/c15-13-8-4-3-7-12(13)11-14(16)9-5-1-2-6-10-14/h3-4,7-8,16H,1-2,5-6,9-11H2. The molecule has 1 aromatic carbocycles. The van der Waals surface area contributed by atoms with Crippen LogP contribution in [-0.4, -0.2) is 10.7 Å². The van der Waals surface area contributed by atoms with Gasteiger partial charge in [0, 0.05) is 10.9 Å². The second-order valence-electron chi connectivity index (χ2n) is 4.91. The first-order valence-corrected chi connectivity index (χ1v) is 6.95. The minimum absolute atomic E-state index is 0.472. The predicted octanol–water partition coefficient (Wildman–Crippen LogP) is 4.08. The Bertz CT molecular complexity index is 340. The Morgan fingerprint density at radius 3 is 2.31 bits per heavy atom. The molecule has 0 heterocycles. The van der Waals surface area contributed by atoms with Gasteiger partial charge in [-0.3, -0.25) is 0 Å². The van der Waals surface area contributed by atoms with Gasteiger partial charge in [0.05, 0.1) is 5.60 Å². The lowest BCUT2D eigenvalue weighted by Crippen LogP contribution is -2.30. The molecule has 0 aromatic heterocycles. The Kier molecular flexibility index (Phi) is 4.04. The molecule has 0 spiro atoms. The lowest BCUT2D eigenvalue weighted by molar-refractivity contribution is 0.0251. The highest BCUT2D eigenvalue weighted by atomic mass is 79.9. The van der Waals surface area contributed by atoms with E-state index in [0.717, 1.165) is 23.7 Å². The molecule has 0 bridgehead atoms. The highest BCUT2D eigenvalue weighted by Gasteiger charge is 2.28. The normalized spacial score (nSPS) is 20.4. The topological polar surface area (TPSA) is 20.2 Å². The van der Waals surface area contributed by atoms with Gasteiger partial charge in [0.25, 0.3) is 0 Å². The molecule has 1 fully saturated rings. The van der Waals surface area contributed by atoms with Crippen LogP contribution in [0.3, 0.4) is 0 Å². The van der Waals surface area contributed by atoms with Crippen LogP contribution < -0.4 is 0 Å². The largest absolute Gasteiger partial charge is 0.390 e. The van der Waals surface area contributed by atoms with Crippen molar-refractivity contribution in [3.63, 3.8) is 0 Å². The summed E-state index contributed by atoms with van der Waals surface area (Å²) in [4.78, 5) is 0. The summed E-state index contributed by atoms with van der Waals surface area (Å²) in [6, 6.07) is 8.22. The first-order valence-electron chi connectivity index (χ1n) is 6.15. The second kappa shape index (κ2) is 5.33. The fourth-order valence-corrected chi connectivity index (χ4v) is 2.98. The van der Waals surface area contributed by atoms with E-state index in [1.54, 1.807) is 0 Å². The molecular formula is C14H19BrO. The number of benzene rings is 1. The zero-order valence-electron chi connectivity index (χ0n) is 9.58. The highest BCUT2D eigenvalue weighted by molar-refractivity contribution is 9.10. The maximum Gasteiger partial charge on any atom is 0.0688 e. The lowest BCUT2D eigenvalue weighted by atomic mass is 9.87. The van der Waals surface area contributed by atoms with Gasteiger partial charge in [0.2, 0.25) is 0 Å². The Morgan fingerprint density at radius 1 is 1.06 bits per heavy atom. The summed E-state index contributed by atoms with van der Waals surface area (Å²) in [6.45, 7) is 0. The van der Waals surface area contributed by atoms with Crippen LogP contribution in [0.25, 0.3) is 0 Å². The van der Waals surface area contributed by atoms with Crippen molar-refractivity contribution in [2.75, 3.05) is 0 Å². The average molecular weight is 283 g/mol. The highest BCUT2D eigenvalue weighted by Crippen LogP contribution is 2.32. The van der Waals surface area contributed by atoms with Crippen molar-refractivity contribution in [1.29, 1.82) is 0 Å². The summed E-state index contributed by atoms with van der Waals surface area (Å²) in [7, 11) is 0. The van der Waals surface area contributed by atoms with Crippen molar-refractivity contribution in [2.24, 2.45) is 0 Å². The van der Waals surface area contributed by atoms with Gasteiger partial charge < -0.3 is 5.11 Å². The smallest absolute Gasteiger partial charge is 0.0688 e. The van der Waals surface area contributed by atoms with Crippen LogP contribution in [-0.2, 0) is 6.42 Å². The summed E-state index contributed by atoms with van der Waals surface area (Å²) in [5.41, 5.74) is 0.757. The minimum atomic E-state index is -0.472. The van der Waals surface area contributed by atoms with E-state index in [9.17, 15) is 5.11 Å². The molecule has 16 heavy (non-hydrogen) atoms. The maximum atomic E-state index is 10.6. The quantitative estimate of drug-likeness (QED) is 0.811. The van der Waals surface area contributed by atoms with E-state index in [1.807, 2.05) is 12.1 Å². The monoisotopic (exact) mass is 282 g/mol. The number of hydrogen-bond acceptors (Lipinski definition) is 1. The molecule has 0 radical (unpaired) electrons. The lowest BCUT2D eigenvalue weighted by Gasteiger charge is -2.27. The van der Waals surface area contributed by atoms with Gasteiger partial charge in [-0.15, -0.1) is 0 Å². The van der Waals surface area contributed by atoms with Crippen LogP contribution >= 0.6 is 15.9 Å². The van der Waals surface area contributed by atoms with E-state index < -0.39 is 5.60 Å².